The second-order valence-electron chi connectivity index (χ2n) is 6.93. The molecule has 1 aromatic heterocycles. The minimum atomic E-state index is -1.40. The van der Waals surface area contributed by atoms with Gasteiger partial charge in [-0.05, 0) is 41.5 Å². The van der Waals surface area contributed by atoms with Crippen LogP contribution in [0.3, 0.4) is 0 Å². The fraction of sp³-hybridized carbons (Fsp3) is 0.533. The minimum absolute atomic E-state index is 0.228. The van der Waals surface area contributed by atoms with Crippen LogP contribution in [-0.4, -0.2) is 45.7 Å². The summed E-state index contributed by atoms with van der Waals surface area (Å²) in [6, 6.07) is 0. The Morgan fingerprint density at radius 3 is 1.76 bits per heavy atom. The number of carboxylic acids is 1. The number of imide groups is 1. The topological polar surface area (TPSA) is 123 Å². The van der Waals surface area contributed by atoms with Crippen molar-refractivity contribution in [3.63, 3.8) is 0 Å². The van der Waals surface area contributed by atoms with Crippen molar-refractivity contribution >= 4 is 40.9 Å². The largest absolute Gasteiger partial charge is 0.477 e. The van der Waals surface area contributed by atoms with Gasteiger partial charge >= 0.3 is 18.2 Å². The lowest BCUT2D eigenvalue weighted by Crippen LogP contribution is -2.43. The maximum atomic E-state index is 12.4. The molecule has 0 aliphatic heterocycles. The van der Waals surface area contributed by atoms with Crippen molar-refractivity contribution in [2.45, 2.75) is 52.7 Å². The van der Waals surface area contributed by atoms with Gasteiger partial charge < -0.3 is 14.6 Å². The number of thiazole rings is 1. The molecule has 2 amide bonds. The number of hydrogen-bond donors (Lipinski definition) is 1. The van der Waals surface area contributed by atoms with Gasteiger partial charge in [-0.3, -0.25) is 4.79 Å². The highest BCUT2D eigenvalue weighted by molar-refractivity contribution is 7.18. The van der Waals surface area contributed by atoms with E-state index in [1.807, 2.05) is 0 Å². The van der Waals surface area contributed by atoms with Gasteiger partial charge in [0.25, 0.3) is 0 Å². The average molecular weight is 372 g/mol. The van der Waals surface area contributed by atoms with Crippen molar-refractivity contribution in [2.75, 3.05) is 4.90 Å². The molecule has 138 valence electrons. The number of hydrogen-bond acceptors (Lipinski definition) is 8. The number of aromatic carboxylic acids is 1. The summed E-state index contributed by atoms with van der Waals surface area (Å²) >= 11 is 0.491. The van der Waals surface area contributed by atoms with Crippen LogP contribution in [0.25, 0.3) is 0 Å². The van der Waals surface area contributed by atoms with E-state index in [0.29, 0.717) is 16.2 Å². The lowest BCUT2D eigenvalue weighted by atomic mass is 10.2. The van der Waals surface area contributed by atoms with Gasteiger partial charge in [-0.15, -0.1) is 0 Å². The summed E-state index contributed by atoms with van der Waals surface area (Å²) < 4.78 is 10.3. The lowest BCUT2D eigenvalue weighted by molar-refractivity contribution is 0.0429. The Morgan fingerprint density at radius 1 is 1.04 bits per heavy atom. The van der Waals surface area contributed by atoms with E-state index in [9.17, 15) is 19.2 Å². The Labute approximate surface area is 148 Å². The molecule has 0 aliphatic rings. The summed E-state index contributed by atoms with van der Waals surface area (Å²) in [6.07, 6.45) is -1.96. The van der Waals surface area contributed by atoms with Crippen LogP contribution in [0, 0.1) is 0 Å². The van der Waals surface area contributed by atoms with Crippen LogP contribution in [-0.2, 0) is 9.47 Å². The number of carbonyl (C=O) groups excluding carboxylic acids is 3. The van der Waals surface area contributed by atoms with Crippen molar-refractivity contribution in [1.29, 1.82) is 0 Å². The van der Waals surface area contributed by atoms with E-state index in [2.05, 4.69) is 4.98 Å². The van der Waals surface area contributed by atoms with Gasteiger partial charge in [-0.1, -0.05) is 11.3 Å². The van der Waals surface area contributed by atoms with Crippen LogP contribution in [0.5, 0.6) is 0 Å². The van der Waals surface area contributed by atoms with E-state index in [1.165, 1.54) is 0 Å². The molecule has 0 bridgehead atoms. The Hall–Kier alpha value is -2.49. The van der Waals surface area contributed by atoms with Crippen LogP contribution in [0.15, 0.2) is 0 Å². The molecule has 9 nitrogen and oxygen atoms in total. The molecule has 1 N–H and O–H groups in total. The quantitative estimate of drug-likeness (QED) is 0.801. The second-order valence-corrected chi connectivity index (χ2v) is 7.91. The molecule has 0 fully saturated rings. The number of aromatic nitrogens is 1. The normalized spacial score (nSPS) is 11.6. The Bertz CT molecular complexity index is 670. The first-order valence-electron chi connectivity index (χ1n) is 7.20. The van der Waals surface area contributed by atoms with Crippen LogP contribution in [0.4, 0.5) is 14.7 Å². The van der Waals surface area contributed by atoms with Crippen LogP contribution in [0.1, 0.15) is 61.7 Å². The number of anilines is 1. The molecule has 25 heavy (non-hydrogen) atoms. The van der Waals surface area contributed by atoms with Gasteiger partial charge in [0.05, 0.1) is 0 Å². The van der Waals surface area contributed by atoms with E-state index in [1.54, 1.807) is 41.5 Å². The van der Waals surface area contributed by atoms with Crippen molar-refractivity contribution < 1.29 is 33.8 Å². The van der Waals surface area contributed by atoms with E-state index < -0.39 is 39.9 Å². The Balaban J connectivity index is 3.36. The van der Waals surface area contributed by atoms with Crippen molar-refractivity contribution in [3.05, 3.63) is 10.6 Å². The molecular weight excluding hydrogens is 352 g/mol. The number of carboxylic acid groups (broad SMARTS) is 1. The van der Waals surface area contributed by atoms with E-state index in [-0.39, 0.29) is 11.4 Å². The van der Waals surface area contributed by atoms with Crippen molar-refractivity contribution in [3.8, 4) is 0 Å². The number of aldehydes is 1. The van der Waals surface area contributed by atoms with E-state index in [0.717, 1.165) is 0 Å². The Kier molecular flexibility index (Phi) is 5.90. The van der Waals surface area contributed by atoms with Crippen molar-refractivity contribution in [1.82, 2.24) is 4.98 Å². The molecule has 0 aliphatic carbocycles. The van der Waals surface area contributed by atoms with Gasteiger partial charge in [0.2, 0.25) is 5.13 Å². The van der Waals surface area contributed by atoms with Gasteiger partial charge in [-0.25, -0.2) is 19.4 Å². The molecule has 1 aromatic rings. The predicted octanol–water partition coefficient (Wildman–Crippen LogP) is 3.33. The number of carbonyl (C=O) groups is 4. The fourth-order valence-corrected chi connectivity index (χ4v) is 2.35. The fourth-order valence-electron chi connectivity index (χ4n) is 1.49. The highest BCUT2D eigenvalue weighted by Gasteiger charge is 2.36. The monoisotopic (exact) mass is 372 g/mol. The molecule has 10 heteroatoms. The molecule has 0 unspecified atom stereocenters. The van der Waals surface area contributed by atoms with Gasteiger partial charge in [0.15, 0.2) is 6.29 Å². The van der Waals surface area contributed by atoms with Gasteiger partial charge in [-0.2, -0.15) is 4.90 Å². The van der Waals surface area contributed by atoms with Gasteiger partial charge in [0, 0.05) is 0 Å². The molecule has 1 rings (SSSR count). The number of nitrogens with zero attached hydrogens (tertiary/aromatic N) is 2. The second kappa shape index (κ2) is 7.18. The molecule has 0 saturated heterocycles. The zero-order chi connectivity index (χ0) is 19.6. The maximum Gasteiger partial charge on any atom is 0.426 e. The zero-order valence-corrected chi connectivity index (χ0v) is 15.6. The smallest absolute Gasteiger partial charge is 0.426 e. The molecule has 1 heterocycles. The summed E-state index contributed by atoms with van der Waals surface area (Å²) in [6.45, 7) is 9.58. The molecule has 0 atom stereocenters. The SMILES string of the molecule is CC(C)(C)OC(=O)N(C(=O)OC(C)(C)C)c1nc(C=O)c(C(=O)O)s1. The Morgan fingerprint density at radius 2 is 1.48 bits per heavy atom. The minimum Gasteiger partial charge on any atom is -0.477 e. The molecule has 0 saturated carbocycles. The lowest BCUT2D eigenvalue weighted by Gasteiger charge is -2.27. The van der Waals surface area contributed by atoms with E-state index >= 15 is 0 Å². The highest BCUT2D eigenvalue weighted by atomic mass is 32.1. The highest BCUT2D eigenvalue weighted by Crippen LogP contribution is 2.28. The van der Waals surface area contributed by atoms with Crippen LogP contribution < -0.4 is 4.90 Å². The third kappa shape index (κ3) is 5.82. The van der Waals surface area contributed by atoms with Crippen LogP contribution >= 0.6 is 11.3 Å². The summed E-state index contributed by atoms with van der Waals surface area (Å²) in [7, 11) is 0. The summed E-state index contributed by atoms with van der Waals surface area (Å²) in [5, 5.41) is 8.77. The predicted molar refractivity (Wildman–Crippen MR) is 89.4 cm³/mol. The molecule has 0 radical (unpaired) electrons. The maximum absolute atomic E-state index is 12.4. The number of ether oxygens (including phenoxy) is 2. The zero-order valence-electron chi connectivity index (χ0n) is 14.8. The molecular formula is C15H20N2O7S. The van der Waals surface area contributed by atoms with Gasteiger partial charge in [0.1, 0.15) is 21.8 Å². The third-order valence-electron chi connectivity index (χ3n) is 2.29. The number of amides is 2. The first-order valence-corrected chi connectivity index (χ1v) is 8.02. The summed E-state index contributed by atoms with van der Waals surface area (Å²) in [5.74, 6) is -1.40. The standard InChI is InChI=1S/C15H20N2O7S/c1-14(2,3)23-12(21)17(13(22)24-15(4,5)6)11-16-8(7-18)9(25-11)10(19)20/h7H,1-6H3,(H,19,20). The number of rotatable bonds is 3. The van der Waals surface area contributed by atoms with Crippen LogP contribution in [0.2, 0.25) is 0 Å². The van der Waals surface area contributed by atoms with E-state index in [4.69, 9.17) is 14.6 Å². The molecule has 0 aromatic carbocycles. The first-order chi connectivity index (χ1) is 11.2. The third-order valence-corrected chi connectivity index (χ3v) is 3.34. The first kappa shape index (κ1) is 20.6. The summed E-state index contributed by atoms with van der Waals surface area (Å²) in [5.41, 5.74) is -2.24. The molecule has 0 spiro atoms. The summed E-state index contributed by atoms with van der Waals surface area (Å²) in [4.78, 5) is 50.8. The van der Waals surface area contributed by atoms with Crippen molar-refractivity contribution in [2.24, 2.45) is 0 Å². The average Bonchev–Trinajstić information content (AvgIpc) is 2.78.